The van der Waals surface area contributed by atoms with E-state index in [1.165, 1.54) is 0 Å². The predicted molar refractivity (Wildman–Crippen MR) is 62.8 cm³/mol. The summed E-state index contributed by atoms with van der Waals surface area (Å²) in [5, 5.41) is 69.7. The zero-order valence-electron chi connectivity index (χ0n) is 11.8. The summed E-state index contributed by atoms with van der Waals surface area (Å²) in [6, 6.07) is 0. The maximum Gasteiger partial charge on any atom is 0.229 e. The van der Waals surface area contributed by atoms with E-state index < -0.39 is 66.9 Å². The first kappa shape index (κ1) is 18.5. The molecular formula is C12H14O12-2. The molecule has 0 saturated carbocycles. The number of ether oxygens (including phenoxy) is 3. The van der Waals surface area contributed by atoms with Crippen molar-refractivity contribution in [1.29, 1.82) is 0 Å². The van der Waals surface area contributed by atoms with Crippen molar-refractivity contribution >= 4 is 11.9 Å². The molecule has 0 aliphatic carbocycles. The Kier molecular flexibility index (Phi) is 5.39. The lowest BCUT2D eigenvalue weighted by Crippen LogP contribution is -2.64. The summed E-state index contributed by atoms with van der Waals surface area (Å²) >= 11 is 0. The molecule has 2 aliphatic heterocycles. The van der Waals surface area contributed by atoms with Gasteiger partial charge in [0.15, 0.2) is 6.29 Å². The molecule has 5 N–H and O–H groups in total. The molecule has 1 fully saturated rings. The van der Waals surface area contributed by atoms with E-state index in [2.05, 4.69) is 4.74 Å². The zero-order valence-corrected chi connectivity index (χ0v) is 11.8. The van der Waals surface area contributed by atoms with Gasteiger partial charge < -0.3 is 59.5 Å². The molecule has 2 heterocycles. The van der Waals surface area contributed by atoms with Crippen molar-refractivity contribution in [1.82, 2.24) is 0 Å². The van der Waals surface area contributed by atoms with Crippen LogP contribution in [0.4, 0.5) is 0 Å². The highest BCUT2D eigenvalue weighted by molar-refractivity contribution is 5.82. The van der Waals surface area contributed by atoms with Crippen molar-refractivity contribution < 1.29 is 59.5 Å². The third-order valence-electron chi connectivity index (χ3n) is 3.48. The summed E-state index contributed by atoms with van der Waals surface area (Å²) < 4.78 is 14.2. The number of aliphatic carboxylic acids is 2. The van der Waals surface area contributed by atoms with Crippen molar-refractivity contribution in [2.45, 2.75) is 49.2 Å². The molecule has 0 amide bonds. The Balaban J connectivity index is 2.21. The molecule has 0 aromatic heterocycles. The fourth-order valence-corrected chi connectivity index (χ4v) is 2.22. The van der Waals surface area contributed by atoms with Crippen LogP contribution in [0.1, 0.15) is 0 Å². The van der Waals surface area contributed by atoms with E-state index in [0.717, 1.165) is 0 Å². The normalized spacial score (nSPS) is 42.8. The summed E-state index contributed by atoms with van der Waals surface area (Å²) in [6.07, 6.45) is -14.9. The fraction of sp³-hybridized carbons (Fsp3) is 0.667. The van der Waals surface area contributed by atoms with Gasteiger partial charge in [-0.2, -0.15) is 0 Å². The van der Waals surface area contributed by atoms with Crippen LogP contribution in [0, 0.1) is 0 Å². The van der Waals surface area contributed by atoms with E-state index >= 15 is 0 Å². The number of aliphatic hydroxyl groups excluding tert-OH is 5. The first-order valence-electron chi connectivity index (χ1n) is 6.65. The number of hydrogen-bond acceptors (Lipinski definition) is 12. The molecule has 0 unspecified atom stereocenters. The Hall–Kier alpha value is -1.80. The van der Waals surface area contributed by atoms with Gasteiger partial charge in [-0.3, -0.25) is 0 Å². The quantitative estimate of drug-likeness (QED) is 0.320. The standard InChI is InChI=1S/C12H16O12/c13-2-1-3(9(17)18)22-12(4(2)14)24-7-5(15)6(16)11(21)23-8(7)10(19)20/h1-2,4-8,11-16,21H,(H,17,18)(H,19,20)/p-2/t2-,4+,5+,6+,7+,8-,11-,12+/m0/s1. The van der Waals surface area contributed by atoms with Gasteiger partial charge in [-0.25, -0.2) is 0 Å². The lowest BCUT2D eigenvalue weighted by atomic mass is 9.98. The maximum atomic E-state index is 11.0. The van der Waals surface area contributed by atoms with E-state index in [4.69, 9.17) is 9.47 Å². The SMILES string of the molecule is O=C([O-])C1=C[C@H](O)[C@@H](O)[C@@H](O[C@@H]2[C@H](O)[C@@H](O)[C@@H](O)O[C@@H]2C(=O)[O-])O1. The lowest BCUT2D eigenvalue weighted by molar-refractivity contribution is -0.360. The smallest absolute Gasteiger partial charge is 0.229 e. The number of aliphatic hydroxyl groups is 5. The van der Waals surface area contributed by atoms with Crippen LogP contribution in [0.5, 0.6) is 0 Å². The lowest BCUT2D eigenvalue weighted by Gasteiger charge is -2.43. The van der Waals surface area contributed by atoms with Gasteiger partial charge in [-0.15, -0.1) is 0 Å². The number of rotatable bonds is 4. The molecule has 136 valence electrons. The predicted octanol–water partition coefficient (Wildman–Crippen LogP) is -6.73. The van der Waals surface area contributed by atoms with Crippen molar-refractivity contribution in [2.75, 3.05) is 0 Å². The average molecular weight is 350 g/mol. The zero-order chi connectivity index (χ0) is 18.2. The molecule has 0 radical (unpaired) electrons. The van der Waals surface area contributed by atoms with Gasteiger partial charge in [0.25, 0.3) is 0 Å². The van der Waals surface area contributed by atoms with E-state index in [-0.39, 0.29) is 0 Å². The topological polar surface area (TPSA) is 209 Å². The number of carbonyl (C=O) groups excluding carboxylic acids is 2. The molecule has 12 nitrogen and oxygen atoms in total. The number of carboxylic acids is 2. The average Bonchev–Trinajstić information content (AvgIpc) is 2.51. The van der Waals surface area contributed by atoms with Crippen LogP contribution in [-0.4, -0.2) is 86.7 Å². The molecule has 2 aliphatic rings. The van der Waals surface area contributed by atoms with Gasteiger partial charge >= 0.3 is 0 Å². The second kappa shape index (κ2) is 6.98. The van der Waals surface area contributed by atoms with Crippen LogP contribution in [0.25, 0.3) is 0 Å². The number of hydrogen-bond donors (Lipinski definition) is 5. The first-order valence-corrected chi connectivity index (χ1v) is 6.65. The fourth-order valence-electron chi connectivity index (χ4n) is 2.22. The number of carboxylic acid groups (broad SMARTS) is 2. The van der Waals surface area contributed by atoms with Crippen LogP contribution < -0.4 is 10.2 Å². The minimum absolute atomic E-state index is 0.627. The number of carbonyl (C=O) groups is 2. The van der Waals surface area contributed by atoms with E-state index in [1.54, 1.807) is 0 Å². The van der Waals surface area contributed by atoms with Crippen molar-refractivity contribution in [2.24, 2.45) is 0 Å². The molecule has 0 bridgehead atoms. The van der Waals surface area contributed by atoms with E-state index in [1.807, 2.05) is 0 Å². The molecule has 12 heteroatoms. The summed E-state index contributed by atoms with van der Waals surface area (Å²) in [6.45, 7) is 0. The third kappa shape index (κ3) is 3.49. The second-order valence-electron chi connectivity index (χ2n) is 5.13. The minimum Gasteiger partial charge on any atom is -0.547 e. The molecular weight excluding hydrogens is 336 g/mol. The Bertz CT molecular complexity index is 532. The van der Waals surface area contributed by atoms with Crippen molar-refractivity contribution in [3.05, 3.63) is 11.8 Å². The van der Waals surface area contributed by atoms with E-state index in [0.29, 0.717) is 6.08 Å². The third-order valence-corrected chi connectivity index (χ3v) is 3.48. The van der Waals surface area contributed by atoms with Gasteiger partial charge in [0.05, 0.1) is 5.97 Å². The van der Waals surface area contributed by atoms with Gasteiger partial charge in [-0.1, -0.05) is 0 Å². The Morgan fingerprint density at radius 2 is 1.67 bits per heavy atom. The highest BCUT2D eigenvalue weighted by Gasteiger charge is 2.48. The van der Waals surface area contributed by atoms with Gasteiger partial charge in [0.1, 0.15) is 48.4 Å². The first-order chi connectivity index (χ1) is 11.1. The molecule has 0 aromatic carbocycles. The molecule has 8 atom stereocenters. The summed E-state index contributed by atoms with van der Waals surface area (Å²) in [4.78, 5) is 21.8. The highest BCUT2D eigenvalue weighted by atomic mass is 16.7. The largest absolute Gasteiger partial charge is 0.547 e. The Morgan fingerprint density at radius 3 is 2.21 bits per heavy atom. The summed E-state index contributed by atoms with van der Waals surface area (Å²) in [5.41, 5.74) is 0. The van der Waals surface area contributed by atoms with Gasteiger partial charge in [0.2, 0.25) is 6.29 Å². The summed E-state index contributed by atoms with van der Waals surface area (Å²) in [7, 11) is 0. The van der Waals surface area contributed by atoms with Crippen LogP contribution >= 0.6 is 0 Å². The van der Waals surface area contributed by atoms with Gasteiger partial charge in [-0.05, 0) is 6.08 Å². The van der Waals surface area contributed by atoms with Gasteiger partial charge in [0, 0.05) is 0 Å². The molecule has 0 aromatic rings. The molecule has 0 spiro atoms. The van der Waals surface area contributed by atoms with Crippen LogP contribution in [0.3, 0.4) is 0 Å². The van der Waals surface area contributed by atoms with Crippen LogP contribution in [-0.2, 0) is 23.8 Å². The minimum atomic E-state index is -2.08. The Morgan fingerprint density at radius 1 is 1.04 bits per heavy atom. The van der Waals surface area contributed by atoms with Crippen molar-refractivity contribution in [3.63, 3.8) is 0 Å². The highest BCUT2D eigenvalue weighted by Crippen LogP contribution is 2.27. The molecule has 2 rings (SSSR count). The maximum absolute atomic E-state index is 11.0. The van der Waals surface area contributed by atoms with E-state index in [9.17, 15) is 45.3 Å². The Labute approximate surface area is 133 Å². The monoisotopic (exact) mass is 350 g/mol. The van der Waals surface area contributed by atoms with Crippen LogP contribution in [0.2, 0.25) is 0 Å². The van der Waals surface area contributed by atoms with Crippen LogP contribution in [0.15, 0.2) is 11.8 Å². The second-order valence-corrected chi connectivity index (χ2v) is 5.13. The molecule has 24 heavy (non-hydrogen) atoms. The molecule has 1 saturated heterocycles. The van der Waals surface area contributed by atoms with Crippen molar-refractivity contribution in [3.8, 4) is 0 Å². The summed E-state index contributed by atoms with van der Waals surface area (Å²) in [5.74, 6) is -4.66.